The molecule has 0 spiro atoms. The first-order valence-corrected chi connectivity index (χ1v) is 24.0. The number of carbonyl (C=O) groups excluding carboxylic acids is 3. The summed E-state index contributed by atoms with van der Waals surface area (Å²) >= 11 is 1.49. The number of aromatic nitrogens is 2. The van der Waals surface area contributed by atoms with Gasteiger partial charge in [0.15, 0.2) is 10.9 Å². The number of esters is 1. The van der Waals surface area contributed by atoms with E-state index in [1.807, 2.05) is 42.6 Å². The molecule has 0 bridgehead atoms. The van der Waals surface area contributed by atoms with E-state index in [4.69, 9.17) is 24.2 Å². The first kappa shape index (κ1) is 42.3. The number of rotatable bonds is 12. The molecule has 0 radical (unpaired) electrons. The van der Waals surface area contributed by atoms with Gasteiger partial charge < -0.3 is 29.3 Å². The Bertz CT molecular complexity index is 2050. The second kappa shape index (κ2) is 18.2. The van der Waals surface area contributed by atoms with Gasteiger partial charge in [-0.05, 0) is 89.7 Å². The lowest BCUT2D eigenvalue weighted by Gasteiger charge is -2.30. The van der Waals surface area contributed by atoms with Gasteiger partial charge >= 0.3 is 5.97 Å². The fourth-order valence-electron chi connectivity index (χ4n) is 9.17. The number of pyridine rings is 1. The van der Waals surface area contributed by atoms with E-state index >= 15 is 0 Å². The first-order valence-electron chi connectivity index (χ1n) is 21.3. The lowest BCUT2D eigenvalue weighted by molar-refractivity contribution is -0.154. The average molecular weight is 835 g/mol. The van der Waals surface area contributed by atoms with Gasteiger partial charge in [-0.1, -0.05) is 31.9 Å². The molecule has 6 atom stereocenters. The lowest BCUT2D eigenvalue weighted by Crippen LogP contribution is -2.45. The Balaban J connectivity index is 1.22. The van der Waals surface area contributed by atoms with Gasteiger partial charge in [-0.2, -0.15) is 0 Å². The van der Waals surface area contributed by atoms with Gasteiger partial charge in [-0.15, -0.1) is 11.3 Å². The summed E-state index contributed by atoms with van der Waals surface area (Å²) < 4.78 is 32.2. The Kier molecular flexibility index (Phi) is 13.3. The maximum absolute atomic E-state index is 14.8. The average Bonchev–Trinajstić information content (AvgIpc) is 3.60. The van der Waals surface area contributed by atoms with Gasteiger partial charge in [-0.3, -0.25) is 18.9 Å². The Morgan fingerprint density at radius 2 is 1.86 bits per heavy atom. The first-order chi connectivity index (χ1) is 27.9. The third kappa shape index (κ3) is 9.47. The minimum absolute atomic E-state index is 0.0476. The summed E-state index contributed by atoms with van der Waals surface area (Å²) in [5, 5.41) is 5.76. The van der Waals surface area contributed by atoms with Crippen molar-refractivity contribution in [3.63, 3.8) is 0 Å². The van der Waals surface area contributed by atoms with Gasteiger partial charge in [-0.25, -0.2) is 9.97 Å². The van der Waals surface area contributed by atoms with Crippen LogP contribution >= 0.6 is 18.7 Å². The molecule has 2 aliphatic carbocycles. The summed E-state index contributed by atoms with van der Waals surface area (Å²) in [5.74, 6) is -0.530. The van der Waals surface area contributed by atoms with E-state index in [1.165, 1.54) is 11.3 Å². The van der Waals surface area contributed by atoms with E-state index in [2.05, 4.69) is 25.2 Å². The zero-order valence-electron chi connectivity index (χ0n) is 34.3. The number of thiazole rings is 1. The van der Waals surface area contributed by atoms with Gasteiger partial charge in [0.25, 0.3) is 0 Å². The van der Waals surface area contributed by atoms with Crippen molar-refractivity contribution in [2.45, 2.75) is 140 Å². The molecule has 7 rings (SSSR count). The summed E-state index contributed by atoms with van der Waals surface area (Å²) in [6.07, 6.45) is 12.2. The van der Waals surface area contributed by atoms with E-state index in [0.29, 0.717) is 47.7 Å². The van der Waals surface area contributed by atoms with Gasteiger partial charge in [0.05, 0.1) is 42.5 Å². The number of benzene rings is 1. The van der Waals surface area contributed by atoms with Gasteiger partial charge in [0, 0.05) is 53.9 Å². The number of ether oxygens (including phenoxy) is 3. The van der Waals surface area contributed by atoms with Crippen molar-refractivity contribution in [2.24, 2.45) is 11.8 Å². The highest BCUT2D eigenvalue weighted by atomic mass is 32.1. The van der Waals surface area contributed by atoms with Crippen LogP contribution < -0.4 is 14.8 Å². The van der Waals surface area contributed by atoms with E-state index in [-0.39, 0.29) is 67.7 Å². The standard InChI is InChI=1S/C44H59N4O8PS/c1-5-19-57(52,53)44-24-30(44)14-10-8-6-7-9-13-29(20-41(50)56-31-15-11-12-16-31)42(51)48-26-33(22-38(48)39(49)25-44)55-40-23-36(37-27-58-43(47-37)45-28(2)3)46-35-21-32(54-4)17-18-34(35)40/h10,14,17-18,21,23,27-31,33,38H,5-9,11-13,15-16,19-20,22,24-26H2,1-4H3,(H,45,47)(H,52,53)/b14-10-/t29-,30+,33-,38+,44-/m1/s1. The van der Waals surface area contributed by atoms with Crippen molar-refractivity contribution in [1.82, 2.24) is 14.9 Å². The normalized spacial score (nSPS) is 27.3. The van der Waals surface area contributed by atoms with Crippen molar-refractivity contribution >= 4 is 52.4 Å². The van der Waals surface area contributed by atoms with Crippen LogP contribution in [0.2, 0.25) is 0 Å². The fraction of sp³-hybridized carbons (Fsp3) is 0.614. The molecule has 314 valence electrons. The van der Waals surface area contributed by atoms with Gasteiger partial charge in [0.2, 0.25) is 13.3 Å². The highest BCUT2D eigenvalue weighted by Crippen LogP contribution is 2.73. The molecule has 2 saturated carbocycles. The SMILES string of the molecule is CCCP(=O)(O)[C@]12CC(=O)[C@@H]3C[C@@H](Oc4cc(-c5csc(NC(C)C)n5)nc5cc(OC)ccc45)CN3C(=O)[C@@H](CC(=O)OC3CCCC3)CCCCC/C=C\[C@H]1C2. The van der Waals surface area contributed by atoms with Gasteiger partial charge in [0.1, 0.15) is 29.4 Å². The Morgan fingerprint density at radius 3 is 2.62 bits per heavy atom. The number of amides is 1. The summed E-state index contributed by atoms with van der Waals surface area (Å²) in [6.45, 7) is 6.12. The number of methoxy groups -OCH3 is 1. The molecule has 3 aromatic rings. The number of Topliss-reactive ketones (excluding diaryl/α,β-unsaturated/α-hetero) is 1. The molecule has 12 nitrogen and oxygen atoms in total. The topological polar surface area (TPSA) is 157 Å². The monoisotopic (exact) mass is 834 g/mol. The number of hydrogen-bond donors (Lipinski definition) is 2. The predicted molar refractivity (Wildman–Crippen MR) is 227 cm³/mol. The molecule has 1 aromatic carbocycles. The van der Waals surface area contributed by atoms with Crippen LogP contribution in [0, 0.1) is 11.8 Å². The maximum Gasteiger partial charge on any atom is 0.306 e. The van der Waals surface area contributed by atoms with Crippen LogP contribution in [0.3, 0.4) is 0 Å². The van der Waals surface area contributed by atoms with Crippen LogP contribution in [0.4, 0.5) is 5.13 Å². The van der Waals surface area contributed by atoms with E-state index in [0.717, 1.165) is 61.9 Å². The number of allylic oxidation sites excluding steroid dienone is 2. The molecule has 2 N–H and O–H groups in total. The van der Waals surface area contributed by atoms with Crippen LogP contribution in [-0.2, 0) is 23.7 Å². The lowest BCUT2D eigenvalue weighted by atomic mass is 9.94. The van der Waals surface area contributed by atoms with Crippen molar-refractivity contribution in [2.75, 3.05) is 25.1 Å². The molecular formula is C44H59N4O8PS. The third-order valence-corrected chi connectivity index (χ3v) is 16.2. The largest absolute Gasteiger partial charge is 0.497 e. The molecule has 1 saturated heterocycles. The number of anilines is 1. The molecule has 4 aliphatic rings. The zero-order valence-corrected chi connectivity index (χ0v) is 36.0. The van der Waals surface area contributed by atoms with Crippen molar-refractivity contribution in [3.05, 3.63) is 41.8 Å². The molecule has 3 fully saturated rings. The van der Waals surface area contributed by atoms with E-state index in [1.54, 1.807) is 12.0 Å². The molecule has 4 heterocycles. The number of fused-ring (bicyclic) bond motifs is 3. The molecule has 1 unspecified atom stereocenters. The fourth-order valence-corrected chi connectivity index (χ4v) is 12.6. The van der Waals surface area contributed by atoms with E-state index in [9.17, 15) is 23.8 Å². The number of carbonyl (C=O) groups is 3. The number of hydrogen-bond acceptors (Lipinski definition) is 11. The molecule has 14 heteroatoms. The predicted octanol–water partition coefficient (Wildman–Crippen LogP) is 8.95. The molecular weight excluding hydrogens is 776 g/mol. The van der Waals surface area contributed by atoms with Crippen molar-refractivity contribution in [3.8, 4) is 22.9 Å². The van der Waals surface area contributed by atoms with E-state index < -0.39 is 30.6 Å². The second-order valence-corrected chi connectivity index (χ2v) is 20.7. The Hall–Kier alpha value is -3.80. The third-order valence-electron chi connectivity index (χ3n) is 12.3. The van der Waals surface area contributed by atoms with Crippen LogP contribution in [0.5, 0.6) is 11.5 Å². The smallest absolute Gasteiger partial charge is 0.306 e. The summed E-state index contributed by atoms with van der Waals surface area (Å²) in [6, 6.07) is 6.76. The number of nitrogens with one attached hydrogen (secondary N) is 1. The minimum atomic E-state index is -3.71. The number of nitrogens with zero attached hydrogens (tertiary/aromatic N) is 3. The second-order valence-electron chi connectivity index (χ2n) is 17.1. The Morgan fingerprint density at radius 1 is 1.07 bits per heavy atom. The summed E-state index contributed by atoms with van der Waals surface area (Å²) in [7, 11) is -2.11. The number of ketones is 1. The Labute approximate surface area is 346 Å². The molecule has 1 amide bonds. The maximum atomic E-state index is 14.8. The van der Waals surface area contributed by atoms with Crippen molar-refractivity contribution < 1.29 is 38.1 Å². The highest BCUT2D eigenvalue weighted by molar-refractivity contribution is 7.60. The molecule has 2 aliphatic heterocycles. The van der Waals surface area contributed by atoms with Crippen molar-refractivity contribution in [1.29, 1.82) is 0 Å². The quantitative estimate of drug-likeness (QED) is 0.102. The minimum Gasteiger partial charge on any atom is -0.497 e. The van der Waals surface area contributed by atoms with Crippen LogP contribution in [0.25, 0.3) is 22.3 Å². The zero-order chi connectivity index (χ0) is 41.0. The highest BCUT2D eigenvalue weighted by Gasteiger charge is 2.65. The van der Waals surface area contributed by atoms with Crippen LogP contribution in [0.15, 0.2) is 41.8 Å². The molecule has 58 heavy (non-hydrogen) atoms. The summed E-state index contributed by atoms with van der Waals surface area (Å²) in [4.78, 5) is 65.7. The van der Waals surface area contributed by atoms with Crippen LogP contribution in [0.1, 0.15) is 111 Å². The summed E-state index contributed by atoms with van der Waals surface area (Å²) in [5.41, 5.74) is 1.93. The molecule has 2 aromatic heterocycles. The van der Waals surface area contributed by atoms with Crippen LogP contribution in [-0.4, -0.2) is 86.7 Å².